The van der Waals surface area contributed by atoms with Gasteiger partial charge in [-0.2, -0.15) is 11.8 Å². The minimum atomic E-state index is -3.04. The highest BCUT2D eigenvalue weighted by molar-refractivity contribution is 7.99. The van der Waals surface area contributed by atoms with Gasteiger partial charge in [-0.05, 0) is 33.6 Å². The fourth-order valence-corrected chi connectivity index (χ4v) is 6.89. The maximum Gasteiger partial charge on any atom is 0.194 e. The molecule has 3 aliphatic rings. The topological polar surface area (TPSA) is 65.0 Å². The van der Waals surface area contributed by atoms with Gasteiger partial charge in [0.25, 0.3) is 0 Å². The fourth-order valence-electron chi connectivity index (χ4n) is 4.62. The number of nitrogens with one attached hydrogen (secondary N) is 1. The van der Waals surface area contributed by atoms with Crippen molar-refractivity contribution >= 4 is 27.6 Å². The van der Waals surface area contributed by atoms with Crippen LogP contribution in [0.1, 0.15) is 46.5 Å². The number of guanidine groups is 1. The van der Waals surface area contributed by atoms with E-state index >= 15 is 0 Å². The summed E-state index contributed by atoms with van der Waals surface area (Å²) in [5.41, 5.74) is 0.207. The average Bonchev–Trinajstić information content (AvgIpc) is 3.12. The second-order valence-electron chi connectivity index (χ2n) is 8.70. The Balaban J connectivity index is 1.76. The summed E-state index contributed by atoms with van der Waals surface area (Å²) >= 11 is 2.06. The molecule has 3 fully saturated rings. The Morgan fingerprint density at radius 2 is 1.81 bits per heavy atom. The van der Waals surface area contributed by atoms with E-state index in [1.54, 1.807) is 0 Å². The molecule has 2 aliphatic heterocycles. The Morgan fingerprint density at radius 1 is 1.15 bits per heavy atom. The predicted octanol–water partition coefficient (Wildman–Crippen LogP) is 1.82. The molecule has 0 aromatic carbocycles. The molecule has 1 N–H and O–H groups in total. The van der Waals surface area contributed by atoms with Crippen molar-refractivity contribution < 1.29 is 8.42 Å². The highest BCUT2D eigenvalue weighted by Gasteiger charge is 2.42. The summed E-state index contributed by atoms with van der Waals surface area (Å²) in [6.45, 7) is 10.8. The molecule has 2 heterocycles. The van der Waals surface area contributed by atoms with Crippen LogP contribution in [0.5, 0.6) is 0 Å². The van der Waals surface area contributed by atoms with Gasteiger partial charge >= 0.3 is 0 Å². The van der Waals surface area contributed by atoms with E-state index in [9.17, 15) is 8.42 Å². The maximum absolute atomic E-state index is 12.4. The van der Waals surface area contributed by atoms with Gasteiger partial charge in [-0.3, -0.25) is 9.89 Å². The lowest BCUT2D eigenvalue weighted by molar-refractivity contribution is 0.112. The molecule has 0 radical (unpaired) electrons. The molecule has 0 spiro atoms. The van der Waals surface area contributed by atoms with Crippen LogP contribution in [0.25, 0.3) is 0 Å². The second kappa shape index (κ2) is 8.49. The largest absolute Gasteiger partial charge is 0.357 e. The van der Waals surface area contributed by atoms with E-state index in [0.717, 1.165) is 19.0 Å². The Hall–Kier alpha value is -0.470. The molecular weight excluding hydrogens is 380 g/mol. The summed E-state index contributed by atoms with van der Waals surface area (Å²) in [4.78, 5) is 9.91. The van der Waals surface area contributed by atoms with Gasteiger partial charge in [-0.1, -0.05) is 12.8 Å². The Kier molecular flexibility index (Phi) is 6.68. The van der Waals surface area contributed by atoms with Crippen molar-refractivity contribution in [2.45, 2.75) is 56.7 Å². The van der Waals surface area contributed by atoms with Crippen molar-refractivity contribution in [3.63, 3.8) is 0 Å². The van der Waals surface area contributed by atoms with E-state index in [1.165, 1.54) is 50.3 Å². The smallest absolute Gasteiger partial charge is 0.194 e. The molecule has 27 heavy (non-hydrogen) atoms. The van der Waals surface area contributed by atoms with E-state index < -0.39 is 14.6 Å². The molecule has 1 saturated carbocycles. The van der Waals surface area contributed by atoms with Crippen LogP contribution in [0.3, 0.4) is 0 Å². The van der Waals surface area contributed by atoms with Gasteiger partial charge in [-0.15, -0.1) is 0 Å². The molecule has 0 aromatic rings. The quantitative estimate of drug-likeness (QED) is 0.557. The van der Waals surface area contributed by atoms with E-state index in [1.807, 2.05) is 13.8 Å². The zero-order valence-corrected chi connectivity index (χ0v) is 18.8. The van der Waals surface area contributed by atoms with Crippen LogP contribution in [0.2, 0.25) is 0 Å². The number of hydrogen-bond acceptors (Lipinski definition) is 5. The van der Waals surface area contributed by atoms with Crippen LogP contribution in [0, 0.1) is 0 Å². The zero-order valence-electron chi connectivity index (χ0n) is 17.2. The monoisotopic (exact) mass is 416 g/mol. The zero-order chi connectivity index (χ0) is 19.5. The third-order valence-corrected chi connectivity index (χ3v) is 9.89. The molecule has 0 bridgehead atoms. The van der Waals surface area contributed by atoms with E-state index in [2.05, 4.69) is 33.8 Å². The summed E-state index contributed by atoms with van der Waals surface area (Å²) in [5, 5.41) is 3.42. The summed E-state index contributed by atoms with van der Waals surface area (Å²) < 4.78 is 24.0. The molecule has 0 amide bonds. The van der Waals surface area contributed by atoms with Crippen LogP contribution in [-0.4, -0.2) is 91.0 Å². The van der Waals surface area contributed by atoms with Gasteiger partial charge in [0.05, 0.1) is 17.0 Å². The predicted molar refractivity (Wildman–Crippen MR) is 116 cm³/mol. The van der Waals surface area contributed by atoms with Crippen LogP contribution >= 0.6 is 11.8 Å². The molecular formula is C19H36N4O2S2. The van der Waals surface area contributed by atoms with Gasteiger partial charge in [0.1, 0.15) is 0 Å². The lowest BCUT2D eigenvalue weighted by Crippen LogP contribution is -2.58. The Morgan fingerprint density at radius 3 is 2.41 bits per heavy atom. The van der Waals surface area contributed by atoms with Gasteiger partial charge in [-0.25, -0.2) is 8.42 Å². The summed E-state index contributed by atoms with van der Waals surface area (Å²) in [7, 11) is -3.04. The molecule has 0 unspecified atom stereocenters. The van der Waals surface area contributed by atoms with Crippen molar-refractivity contribution in [2.24, 2.45) is 4.99 Å². The summed E-state index contributed by atoms with van der Waals surface area (Å²) in [6, 6.07) is 0. The number of rotatable bonds is 4. The van der Waals surface area contributed by atoms with Gasteiger partial charge in [0.2, 0.25) is 0 Å². The highest BCUT2D eigenvalue weighted by atomic mass is 32.2. The Bertz CT molecular complexity index is 636. The molecule has 3 rings (SSSR count). The molecule has 2 saturated heterocycles. The van der Waals surface area contributed by atoms with Crippen molar-refractivity contribution in [1.82, 2.24) is 15.1 Å². The van der Waals surface area contributed by atoms with Crippen molar-refractivity contribution in [3.05, 3.63) is 0 Å². The van der Waals surface area contributed by atoms with Crippen LogP contribution in [0.15, 0.2) is 4.99 Å². The number of sulfone groups is 1. The fraction of sp³-hybridized carbons (Fsp3) is 0.947. The van der Waals surface area contributed by atoms with Crippen LogP contribution in [0.4, 0.5) is 0 Å². The second-order valence-corrected chi connectivity index (χ2v) is 12.7. The Labute approximate surface area is 169 Å². The molecule has 156 valence electrons. The molecule has 6 nitrogen and oxygen atoms in total. The average molecular weight is 417 g/mol. The molecule has 0 aromatic heterocycles. The minimum Gasteiger partial charge on any atom is -0.357 e. The van der Waals surface area contributed by atoms with E-state index in [0.29, 0.717) is 13.1 Å². The SMILES string of the molecule is CCNC(=NCC1(N2CCSCC2)CCCC1)N1CCS(=O)(=O)C(C)(C)C1. The molecule has 1 aliphatic carbocycles. The first-order valence-electron chi connectivity index (χ1n) is 10.4. The van der Waals surface area contributed by atoms with Gasteiger partial charge in [0.15, 0.2) is 15.8 Å². The standard InChI is InChI=1S/C19H36N4O2S2/c1-4-20-17(22-11-14-27(24,25)18(2,3)16-22)21-15-19(7-5-6-8-19)23-9-12-26-13-10-23/h4-16H2,1-3H3,(H,20,21). The summed E-state index contributed by atoms with van der Waals surface area (Å²) in [6.07, 6.45) is 5.07. The van der Waals surface area contributed by atoms with E-state index in [-0.39, 0.29) is 11.3 Å². The van der Waals surface area contributed by atoms with Gasteiger partial charge in [0, 0.05) is 49.8 Å². The number of aliphatic imine (C=N–C) groups is 1. The van der Waals surface area contributed by atoms with Crippen molar-refractivity contribution in [2.75, 3.05) is 56.5 Å². The minimum absolute atomic E-state index is 0.207. The first-order chi connectivity index (χ1) is 12.8. The first-order valence-corrected chi connectivity index (χ1v) is 13.2. The highest BCUT2D eigenvalue weighted by Crippen LogP contribution is 2.37. The lowest BCUT2D eigenvalue weighted by Gasteiger charge is -2.43. The normalized spacial score (nSPS) is 28.3. The van der Waals surface area contributed by atoms with Crippen molar-refractivity contribution in [1.29, 1.82) is 0 Å². The number of thioether (sulfide) groups is 1. The summed E-state index contributed by atoms with van der Waals surface area (Å²) in [5.74, 6) is 3.55. The van der Waals surface area contributed by atoms with Crippen LogP contribution in [-0.2, 0) is 9.84 Å². The number of hydrogen-bond donors (Lipinski definition) is 1. The number of nitrogens with zero attached hydrogens (tertiary/aromatic N) is 3. The maximum atomic E-state index is 12.4. The third kappa shape index (κ3) is 4.58. The van der Waals surface area contributed by atoms with Crippen LogP contribution < -0.4 is 5.32 Å². The van der Waals surface area contributed by atoms with Crippen molar-refractivity contribution in [3.8, 4) is 0 Å². The lowest BCUT2D eigenvalue weighted by atomic mass is 9.95. The van der Waals surface area contributed by atoms with Gasteiger partial charge < -0.3 is 10.2 Å². The van der Waals surface area contributed by atoms with E-state index in [4.69, 9.17) is 4.99 Å². The third-order valence-electron chi connectivity index (χ3n) is 6.42. The molecule has 0 atom stereocenters. The first kappa shape index (κ1) is 21.2. The molecule has 8 heteroatoms.